The van der Waals surface area contributed by atoms with Crippen LogP contribution in [-0.4, -0.2) is 35.8 Å². The van der Waals surface area contributed by atoms with Crippen LogP contribution in [0.1, 0.15) is 41.5 Å². The molecule has 5 rings (SSSR count). The van der Waals surface area contributed by atoms with Crippen molar-refractivity contribution in [1.29, 1.82) is 0 Å². The summed E-state index contributed by atoms with van der Waals surface area (Å²) in [6.07, 6.45) is 6.93. The molecule has 1 N–H and O–H groups in total. The number of hydrogen-bond donors (Lipinski definition) is 1. The first-order valence-corrected chi connectivity index (χ1v) is 13.2. The summed E-state index contributed by atoms with van der Waals surface area (Å²) < 4.78 is 27.5. The lowest BCUT2D eigenvalue weighted by Gasteiger charge is -2.18. The molecule has 1 aliphatic carbocycles. The molecule has 0 amide bonds. The monoisotopic (exact) mass is 448 g/mol. The second-order valence-corrected chi connectivity index (χ2v) is 12.4. The van der Waals surface area contributed by atoms with Gasteiger partial charge in [0, 0.05) is 22.8 Å². The van der Waals surface area contributed by atoms with E-state index in [2.05, 4.69) is 22.2 Å². The first kappa shape index (κ1) is 19.4. The summed E-state index contributed by atoms with van der Waals surface area (Å²) >= 11 is 3.14. The Bertz CT molecular complexity index is 1150. The third-order valence-corrected chi connectivity index (χ3v) is 10.4. The standard InChI is InChI=1S/C20H24N4O2S3/c1-13-4-6-15-16(10-13)28-20-18(15)19(22-12-23-20)21-11-14-5-7-17(27-14)29(25,26)24-8-2-3-9-24/h5,7,12-13H,2-4,6,8-11H2,1H3,(H,21,22,23)/t13-/m1/s1. The van der Waals surface area contributed by atoms with Gasteiger partial charge in [-0.2, -0.15) is 4.31 Å². The van der Waals surface area contributed by atoms with Crippen molar-refractivity contribution in [2.45, 2.75) is 49.8 Å². The lowest BCUT2D eigenvalue weighted by molar-refractivity contribution is 0.479. The minimum atomic E-state index is -3.34. The summed E-state index contributed by atoms with van der Waals surface area (Å²) in [7, 11) is -3.34. The van der Waals surface area contributed by atoms with Crippen molar-refractivity contribution in [3.8, 4) is 0 Å². The van der Waals surface area contributed by atoms with Gasteiger partial charge in [-0.25, -0.2) is 18.4 Å². The molecule has 2 aliphatic rings. The molecular weight excluding hydrogens is 424 g/mol. The third kappa shape index (κ3) is 3.58. The normalized spacial score (nSPS) is 20.2. The van der Waals surface area contributed by atoms with Gasteiger partial charge in [-0.1, -0.05) is 6.92 Å². The average Bonchev–Trinajstić information content (AvgIpc) is 3.44. The number of fused-ring (bicyclic) bond motifs is 3. The highest BCUT2D eigenvalue weighted by Gasteiger charge is 2.28. The average molecular weight is 449 g/mol. The van der Waals surface area contributed by atoms with Crippen LogP contribution in [0.25, 0.3) is 10.2 Å². The molecule has 1 aliphatic heterocycles. The highest BCUT2D eigenvalue weighted by Crippen LogP contribution is 2.39. The molecule has 9 heteroatoms. The van der Waals surface area contributed by atoms with E-state index in [1.54, 1.807) is 28.0 Å². The van der Waals surface area contributed by atoms with E-state index in [9.17, 15) is 8.42 Å². The van der Waals surface area contributed by atoms with Crippen molar-refractivity contribution in [1.82, 2.24) is 14.3 Å². The smallest absolute Gasteiger partial charge is 0.252 e. The van der Waals surface area contributed by atoms with Crippen LogP contribution in [-0.2, 0) is 29.4 Å². The molecule has 1 atom stereocenters. The summed E-state index contributed by atoms with van der Waals surface area (Å²) in [5, 5.41) is 4.60. The number of sulfonamides is 1. The van der Waals surface area contributed by atoms with Gasteiger partial charge in [0.1, 0.15) is 21.2 Å². The van der Waals surface area contributed by atoms with Crippen molar-refractivity contribution in [3.63, 3.8) is 0 Å². The number of nitrogens with one attached hydrogen (secondary N) is 1. The quantitative estimate of drug-likeness (QED) is 0.631. The Kier molecular flexibility index (Phi) is 5.09. The van der Waals surface area contributed by atoms with Crippen molar-refractivity contribution >= 4 is 48.7 Å². The molecule has 3 aromatic rings. The molecule has 0 saturated carbocycles. The minimum absolute atomic E-state index is 0.436. The Balaban J connectivity index is 1.37. The fourth-order valence-corrected chi connectivity index (χ4v) is 8.54. The SMILES string of the molecule is C[C@@H]1CCc2c(sc3ncnc(NCc4ccc(S(=O)(=O)N5CCCC5)s4)c23)C1. The zero-order chi connectivity index (χ0) is 20.0. The number of aryl methyl sites for hydroxylation is 1. The first-order valence-electron chi connectivity index (χ1n) is 10.1. The summed E-state index contributed by atoms with van der Waals surface area (Å²) in [5.74, 6) is 1.58. The van der Waals surface area contributed by atoms with Crippen LogP contribution >= 0.6 is 22.7 Å². The molecule has 0 aromatic carbocycles. The highest BCUT2D eigenvalue weighted by atomic mass is 32.2. The molecule has 0 unspecified atom stereocenters. The van der Waals surface area contributed by atoms with Gasteiger partial charge in [0.15, 0.2) is 0 Å². The van der Waals surface area contributed by atoms with Crippen molar-refractivity contribution in [3.05, 3.63) is 33.8 Å². The number of thiophene rings is 2. The fourth-order valence-electron chi connectivity index (χ4n) is 4.23. The van der Waals surface area contributed by atoms with E-state index in [1.165, 1.54) is 28.2 Å². The summed E-state index contributed by atoms with van der Waals surface area (Å²) in [6.45, 7) is 4.14. The maximum atomic E-state index is 12.7. The number of aromatic nitrogens is 2. The minimum Gasteiger partial charge on any atom is -0.365 e. The lowest BCUT2D eigenvalue weighted by atomic mass is 9.89. The van der Waals surface area contributed by atoms with Crippen molar-refractivity contribution < 1.29 is 8.42 Å². The van der Waals surface area contributed by atoms with Crippen LogP contribution in [0, 0.1) is 5.92 Å². The van der Waals surface area contributed by atoms with Crippen molar-refractivity contribution in [2.24, 2.45) is 5.92 Å². The zero-order valence-electron chi connectivity index (χ0n) is 16.3. The molecule has 0 spiro atoms. The number of hydrogen-bond acceptors (Lipinski definition) is 7. The second kappa shape index (κ2) is 7.61. The first-order chi connectivity index (χ1) is 14.0. The largest absolute Gasteiger partial charge is 0.365 e. The molecule has 1 fully saturated rings. The van der Waals surface area contributed by atoms with Crippen LogP contribution in [0.4, 0.5) is 5.82 Å². The van der Waals surface area contributed by atoms with Gasteiger partial charge in [-0.05, 0) is 55.7 Å². The number of anilines is 1. The van der Waals surface area contributed by atoms with E-state index in [1.807, 2.05) is 6.07 Å². The molecule has 1 saturated heterocycles. The molecular formula is C20H24N4O2S3. The van der Waals surface area contributed by atoms with E-state index in [0.717, 1.165) is 52.5 Å². The van der Waals surface area contributed by atoms with Gasteiger partial charge in [0.25, 0.3) is 10.0 Å². The molecule has 4 heterocycles. The van der Waals surface area contributed by atoms with E-state index in [-0.39, 0.29) is 0 Å². The number of nitrogens with zero attached hydrogens (tertiary/aromatic N) is 3. The zero-order valence-corrected chi connectivity index (χ0v) is 18.8. The predicted molar refractivity (Wildman–Crippen MR) is 118 cm³/mol. The van der Waals surface area contributed by atoms with Crippen LogP contribution in [0.15, 0.2) is 22.7 Å². The topological polar surface area (TPSA) is 75.2 Å². The van der Waals surface area contributed by atoms with Gasteiger partial charge in [0.2, 0.25) is 0 Å². The van der Waals surface area contributed by atoms with Crippen LogP contribution in [0.2, 0.25) is 0 Å². The Morgan fingerprint density at radius 3 is 2.86 bits per heavy atom. The van der Waals surface area contributed by atoms with E-state index >= 15 is 0 Å². The molecule has 0 radical (unpaired) electrons. The van der Waals surface area contributed by atoms with Gasteiger partial charge >= 0.3 is 0 Å². The van der Waals surface area contributed by atoms with Gasteiger partial charge in [-0.3, -0.25) is 0 Å². The summed E-state index contributed by atoms with van der Waals surface area (Å²) in [5.41, 5.74) is 1.40. The Labute approximate surface area is 179 Å². The van der Waals surface area contributed by atoms with Crippen LogP contribution in [0.3, 0.4) is 0 Å². The van der Waals surface area contributed by atoms with E-state index in [0.29, 0.717) is 23.8 Å². The summed E-state index contributed by atoms with van der Waals surface area (Å²) in [6, 6.07) is 3.64. The van der Waals surface area contributed by atoms with Gasteiger partial charge in [0.05, 0.1) is 11.9 Å². The Morgan fingerprint density at radius 1 is 1.21 bits per heavy atom. The van der Waals surface area contributed by atoms with E-state index in [4.69, 9.17) is 0 Å². The van der Waals surface area contributed by atoms with Crippen LogP contribution in [0.5, 0.6) is 0 Å². The number of rotatable bonds is 5. The molecule has 29 heavy (non-hydrogen) atoms. The lowest BCUT2D eigenvalue weighted by Crippen LogP contribution is -2.27. The highest BCUT2D eigenvalue weighted by molar-refractivity contribution is 7.91. The second-order valence-electron chi connectivity index (χ2n) is 7.94. The summed E-state index contributed by atoms with van der Waals surface area (Å²) in [4.78, 5) is 12.5. The van der Waals surface area contributed by atoms with Crippen LogP contribution < -0.4 is 5.32 Å². The van der Waals surface area contributed by atoms with Gasteiger partial charge < -0.3 is 5.32 Å². The molecule has 0 bridgehead atoms. The maximum absolute atomic E-state index is 12.7. The van der Waals surface area contributed by atoms with Gasteiger partial charge in [-0.15, -0.1) is 22.7 Å². The predicted octanol–water partition coefficient (Wildman–Crippen LogP) is 4.27. The third-order valence-electron chi connectivity index (χ3n) is 5.82. The van der Waals surface area contributed by atoms with E-state index < -0.39 is 10.0 Å². The van der Waals surface area contributed by atoms with Crippen molar-refractivity contribution in [2.75, 3.05) is 18.4 Å². The Morgan fingerprint density at radius 2 is 2.03 bits per heavy atom. The Hall–Kier alpha value is -1.55. The molecule has 6 nitrogen and oxygen atoms in total. The fraction of sp³-hybridized carbons (Fsp3) is 0.500. The molecule has 3 aromatic heterocycles. The molecule has 154 valence electrons. The maximum Gasteiger partial charge on any atom is 0.252 e.